The minimum atomic E-state index is -0.538. The van der Waals surface area contributed by atoms with Gasteiger partial charge in [0.25, 0.3) is 0 Å². The largest absolute Gasteiger partial charge is 0.508 e. The van der Waals surface area contributed by atoms with Crippen LogP contribution in [0.2, 0.25) is 0 Å². The van der Waals surface area contributed by atoms with Crippen LogP contribution in [-0.2, 0) is 4.74 Å². The first-order valence-electron chi connectivity index (χ1n) is 7.14. The molecule has 0 saturated heterocycles. The van der Waals surface area contributed by atoms with Gasteiger partial charge in [-0.05, 0) is 41.8 Å². The fraction of sp³-hybridized carbons (Fsp3) is 0.438. The zero-order valence-electron chi connectivity index (χ0n) is 12.1. The molecule has 2 unspecified atom stereocenters. The highest BCUT2D eigenvalue weighted by atomic mass is 16.5. The maximum atomic E-state index is 12.1. The van der Waals surface area contributed by atoms with Gasteiger partial charge in [-0.25, -0.2) is 4.79 Å². The lowest BCUT2D eigenvalue weighted by Gasteiger charge is -2.21. The summed E-state index contributed by atoms with van der Waals surface area (Å²) in [6.45, 7) is -0.529. The summed E-state index contributed by atoms with van der Waals surface area (Å²) in [7, 11) is 0. The van der Waals surface area contributed by atoms with Gasteiger partial charge in [0.05, 0.1) is 18.8 Å². The van der Waals surface area contributed by atoms with E-state index in [2.05, 4.69) is 0 Å². The topological polar surface area (TPSA) is 107 Å². The summed E-state index contributed by atoms with van der Waals surface area (Å²) >= 11 is 0. The molecule has 0 radical (unpaired) electrons. The van der Waals surface area contributed by atoms with Gasteiger partial charge in [0, 0.05) is 18.9 Å². The van der Waals surface area contributed by atoms with Gasteiger partial charge in [0.15, 0.2) is 0 Å². The molecule has 6 heteroatoms. The molecule has 1 aliphatic carbocycles. The molecular formula is C16H20O6. The number of hydrogen-bond acceptors (Lipinski definition) is 6. The molecule has 0 fully saturated rings. The van der Waals surface area contributed by atoms with Crippen molar-refractivity contribution in [2.45, 2.75) is 18.9 Å². The molecule has 0 amide bonds. The predicted octanol–water partition coefficient (Wildman–Crippen LogP) is 0.601. The zero-order chi connectivity index (χ0) is 16.1. The van der Waals surface area contributed by atoms with Crippen molar-refractivity contribution >= 4 is 5.97 Å². The van der Waals surface area contributed by atoms with Gasteiger partial charge in [-0.3, -0.25) is 0 Å². The highest BCUT2D eigenvalue weighted by Gasteiger charge is 2.36. The Labute approximate surface area is 128 Å². The number of ether oxygens (including phenoxy) is 1. The van der Waals surface area contributed by atoms with Gasteiger partial charge in [0.1, 0.15) is 11.9 Å². The third-order valence-corrected chi connectivity index (χ3v) is 3.96. The van der Waals surface area contributed by atoms with Crippen LogP contribution >= 0.6 is 0 Å². The van der Waals surface area contributed by atoms with E-state index in [-0.39, 0.29) is 31.5 Å². The Kier molecular flexibility index (Phi) is 5.54. The van der Waals surface area contributed by atoms with Crippen molar-refractivity contribution in [3.63, 3.8) is 0 Å². The number of benzene rings is 1. The SMILES string of the molecule is O=C(OC1CC(CO)=C(CO)C1CCO)c1ccc(O)cc1. The van der Waals surface area contributed by atoms with Crippen molar-refractivity contribution in [2.75, 3.05) is 19.8 Å². The number of phenolic OH excluding ortho intramolecular Hbond substituents is 1. The van der Waals surface area contributed by atoms with E-state index in [1.165, 1.54) is 24.3 Å². The first-order chi connectivity index (χ1) is 10.6. The quantitative estimate of drug-likeness (QED) is 0.453. The molecule has 4 N–H and O–H groups in total. The number of hydrogen-bond donors (Lipinski definition) is 4. The Balaban J connectivity index is 2.11. The number of carbonyl (C=O) groups is 1. The number of carbonyl (C=O) groups excluding carboxylic acids is 1. The second-order valence-electron chi connectivity index (χ2n) is 5.26. The molecule has 0 aromatic heterocycles. The van der Waals surface area contributed by atoms with Gasteiger partial charge in [-0.15, -0.1) is 0 Å². The maximum Gasteiger partial charge on any atom is 0.338 e. The molecule has 0 heterocycles. The first kappa shape index (κ1) is 16.5. The van der Waals surface area contributed by atoms with Crippen molar-refractivity contribution in [2.24, 2.45) is 5.92 Å². The molecule has 0 aliphatic heterocycles. The van der Waals surface area contributed by atoms with E-state index in [4.69, 9.17) is 9.84 Å². The Morgan fingerprint density at radius 3 is 2.36 bits per heavy atom. The molecule has 2 rings (SSSR count). The lowest BCUT2D eigenvalue weighted by atomic mass is 9.96. The number of aromatic hydroxyl groups is 1. The summed E-state index contributed by atoms with van der Waals surface area (Å²) in [5.74, 6) is -0.773. The Bertz CT molecular complexity index is 548. The number of aliphatic hydroxyl groups is 3. The van der Waals surface area contributed by atoms with E-state index in [1.54, 1.807) is 0 Å². The van der Waals surface area contributed by atoms with Crippen LogP contribution in [0.25, 0.3) is 0 Å². The third-order valence-electron chi connectivity index (χ3n) is 3.96. The van der Waals surface area contributed by atoms with E-state index >= 15 is 0 Å². The zero-order valence-corrected chi connectivity index (χ0v) is 12.1. The normalized spacial score (nSPS) is 21.2. The molecule has 1 aromatic rings. The third kappa shape index (κ3) is 3.47. The van der Waals surface area contributed by atoms with E-state index in [0.717, 1.165) is 0 Å². The molecule has 120 valence electrons. The molecule has 0 bridgehead atoms. The van der Waals surface area contributed by atoms with Crippen LogP contribution in [0.5, 0.6) is 5.75 Å². The first-order valence-corrected chi connectivity index (χ1v) is 7.14. The van der Waals surface area contributed by atoms with Crippen molar-refractivity contribution in [3.05, 3.63) is 41.0 Å². The Hall–Kier alpha value is -1.89. The number of rotatable bonds is 6. The number of esters is 1. The molecule has 0 spiro atoms. The van der Waals surface area contributed by atoms with E-state index in [9.17, 15) is 20.1 Å². The van der Waals surface area contributed by atoms with Crippen LogP contribution in [0.15, 0.2) is 35.4 Å². The highest BCUT2D eigenvalue weighted by Crippen LogP contribution is 2.36. The summed E-state index contributed by atoms with van der Waals surface area (Å²) in [5.41, 5.74) is 1.60. The van der Waals surface area contributed by atoms with Gasteiger partial charge < -0.3 is 25.2 Å². The second-order valence-corrected chi connectivity index (χ2v) is 5.26. The lowest BCUT2D eigenvalue weighted by Crippen LogP contribution is -2.26. The van der Waals surface area contributed by atoms with Crippen molar-refractivity contribution in [1.82, 2.24) is 0 Å². The molecule has 22 heavy (non-hydrogen) atoms. The van der Waals surface area contributed by atoms with E-state index in [0.29, 0.717) is 29.6 Å². The van der Waals surface area contributed by atoms with Gasteiger partial charge >= 0.3 is 5.97 Å². The van der Waals surface area contributed by atoms with E-state index in [1.807, 2.05) is 0 Å². The van der Waals surface area contributed by atoms with E-state index < -0.39 is 12.1 Å². The van der Waals surface area contributed by atoms with Crippen molar-refractivity contribution in [3.8, 4) is 5.75 Å². The molecule has 0 saturated carbocycles. The van der Waals surface area contributed by atoms with Crippen LogP contribution < -0.4 is 0 Å². The predicted molar refractivity (Wildman–Crippen MR) is 78.3 cm³/mol. The summed E-state index contributed by atoms with van der Waals surface area (Å²) in [6, 6.07) is 5.71. The standard InChI is InChI=1S/C16H20O6/c17-6-5-13-14(9-19)11(8-18)7-15(13)22-16(21)10-1-3-12(20)4-2-10/h1-4,13,15,17-20H,5-9H2. The van der Waals surface area contributed by atoms with Crippen LogP contribution in [0.4, 0.5) is 0 Å². The number of aliphatic hydroxyl groups excluding tert-OH is 3. The molecule has 2 atom stereocenters. The van der Waals surface area contributed by atoms with Crippen LogP contribution in [0.1, 0.15) is 23.2 Å². The van der Waals surface area contributed by atoms with Gasteiger partial charge in [-0.2, -0.15) is 0 Å². The maximum absolute atomic E-state index is 12.1. The molecule has 1 aliphatic rings. The van der Waals surface area contributed by atoms with Crippen LogP contribution in [-0.4, -0.2) is 52.3 Å². The molecule has 6 nitrogen and oxygen atoms in total. The summed E-state index contributed by atoms with van der Waals surface area (Å²) in [6.07, 6.45) is 0.186. The molecule has 1 aromatic carbocycles. The minimum absolute atomic E-state index is 0.0578. The fourth-order valence-corrected chi connectivity index (χ4v) is 2.82. The van der Waals surface area contributed by atoms with Crippen LogP contribution in [0, 0.1) is 5.92 Å². The average molecular weight is 308 g/mol. The average Bonchev–Trinajstić information content (AvgIpc) is 2.85. The van der Waals surface area contributed by atoms with Gasteiger partial charge in [0.2, 0.25) is 0 Å². The smallest absolute Gasteiger partial charge is 0.338 e. The highest BCUT2D eigenvalue weighted by molar-refractivity contribution is 5.89. The summed E-state index contributed by atoms with van der Waals surface area (Å²) in [4.78, 5) is 12.1. The summed E-state index contributed by atoms with van der Waals surface area (Å²) < 4.78 is 5.47. The number of phenols is 1. The Morgan fingerprint density at radius 1 is 1.14 bits per heavy atom. The monoisotopic (exact) mass is 308 g/mol. The summed E-state index contributed by atoms with van der Waals surface area (Å²) in [5, 5.41) is 37.2. The van der Waals surface area contributed by atoms with Crippen molar-refractivity contribution in [1.29, 1.82) is 0 Å². The second kappa shape index (κ2) is 7.40. The fourth-order valence-electron chi connectivity index (χ4n) is 2.82. The van der Waals surface area contributed by atoms with Gasteiger partial charge in [-0.1, -0.05) is 0 Å². The van der Waals surface area contributed by atoms with Crippen molar-refractivity contribution < 1.29 is 30.0 Å². The van der Waals surface area contributed by atoms with Crippen LogP contribution in [0.3, 0.4) is 0 Å². The molecular weight excluding hydrogens is 288 g/mol. The lowest BCUT2D eigenvalue weighted by molar-refractivity contribution is 0.0183. The Morgan fingerprint density at radius 2 is 1.82 bits per heavy atom. The minimum Gasteiger partial charge on any atom is -0.508 e.